The molecule has 0 aliphatic carbocycles. The van der Waals surface area contributed by atoms with Crippen LogP contribution in [0, 0.1) is 6.92 Å². The summed E-state index contributed by atoms with van der Waals surface area (Å²) in [6, 6.07) is 7.21. The molecule has 110 valence electrons. The molecular formula is C14H15ClN4OS. The van der Waals surface area contributed by atoms with Crippen LogP contribution in [-0.4, -0.2) is 34.9 Å². The number of benzene rings is 1. The number of rotatable bonds is 3. The average Bonchev–Trinajstić information content (AvgIpc) is 3.05. The van der Waals surface area contributed by atoms with Crippen molar-refractivity contribution in [3.63, 3.8) is 0 Å². The smallest absolute Gasteiger partial charge is 0.249 e. The Hall–Kier alpha value is -1.66. The topological polar surface area (TPSA) is 49.3 Å². The van der Waals surface area contributed by atoms with Gasteiger partial charge in [0.2, 0.25) is 11.0 Å². The number of carbonyl (C=O) groups is 1. The molecule has 1 atom stereocenters. The van der Waals surface area contributed by atoms with Crippen molar-refractivity contribution in [3.05, 3.63) is 35.1 Å². The van der Waals surface area contributed by atoms with E-state index in [0.717, 1.165) is 23.1 Å². The van der Waals surface area contributed by atoms with Crippen LogP contribution in [0.3, 0.4) is 0 Å². The highest BCUT2D eigenvalue weighted by molar-refractivity contribution is 7.09. The van der Waals surface area contributed by atoms with Crippen molar-refractivity contribution >= 4 is 39.9 Å². The molecule has 21 heavy (non-hydrogen) atoms. The first-order valence-corrected chi connectivity index (χ1v) is 7.82. The number of amides is 1. The van der Waals surface area contributed by atoms with Gasteiger partial charge in [0.05, 0.1) is 10.7 Å². The molecule has 1 aromatic heterocycles. The second-order valence-corrected chi connectivity index (χ2v) is 6.12. The maximum Gasteiger partial charge on any atom is 0.249 e. The van der Waals surface area contributed by atoms with Crippen molar-refractivity contribution in [1.29, 1.82) is 0 Å². The Labute approximate surface area is 132 Å². The van der Waals surface area contributed by atoms with Gasteiger partial charge in [-0.3, -0.25) is 4.79 Å². The van der Waals surface area contributed by atoms with Crippen LogP contribution in [0.5, 0.6) is 0 Å². The fourth-order valence-electron chi connectivity index (χ4n) is 2.50. The minimum atomic E-state index is -0.214. The number of aromatic nitrogens is 2. The summed E-state index contributed by atoms with van der Waals surface area (Å²) < 4.78 is 4.17. The average molecular weight is 323 g/mol. The third kappa shape index (κ3) is 2.61. The fraction of sp³-hybridized carbons (Fsp3) is 0.357. The van der Waals surface area contributed by atoms with E-state index in [0.29, 0.717) is 11.6 Å². The Kier molecular flexibility index (Phi) is 3.82. The Morgan fingerprint density at radius 2 is 2.19 bits per heavy atom. The summed E-state index contributed by atoms with van der Waals surface area (Å²) in [4.78, 5) is 20.7. The zero-order valence-corrected chi connectivity index (χ0v) is 13.4. The van der Waals surface area contributed by atoms with E-state index in [-0.39, 0.29) is 11.9 Å². The van der Waals surface area contributed by atoms with Crippen LogP contribution in [0.15, 0.2) is 24.3 Å². The van der Waals surface area contributed by atoms with Crippen molar-refractivity contribution in [3.8, 4) is 0 Å². The molecule has 5 nitrogen and oxygen atoms in total. The largest absolute Gasteiger partial charge is 0.338 e. The van der Waals surface area contributed by atoms with E-state index in [2.05, 4.69) is 9.36 Å². The molecule has 3 rings (SSSR count). The lowest BCUT2D eigenvalue weighted by Crippen LogP contribution is -2.39. The van der Waals surface area contributed by atoms with E-state index in [1.807, 2.05) is 37.1 Å². The molecule has 7 heteroatoms. The van der Waals surface area contributed by atoms with E-state index in [1.165, 1.54) is 11.5 Å². The minimum absolute atomic E-state index is 0.0541. The normalized spacial score (nSPS) is 18.3. The molecule has 0 N–H and O–H groups in total. The van der Waals surface area contributed by atoms with Crippen molar-refractivity contribution in [1.82, 2.24) is 9.36 Å². The lowest BCUT2D eigenvalue weighted by Gasteiger charge is -2.23. The number of likely N-dealkylation sites (N-methyl/N-ethyl adjacent to an activating group) is 1. The molecule has 1 aliphatic heterocycles. The van der Waals surface area contributed by atoms with E-state index >= 15 is 0 Å². The predicted octanol–water partition coefficient (Wildman–Crippen LogP) is 2.74. The SMILES string of the molecule is Cc1nsc(N(C)[C@H]2CCN(c3ccccc3Cl)C2=O)n1. The summed E-state index contributed by atoms with van der Waals surface area (Å²) in [6.45, 7) is 2.51. The summed E-state index contributed by atoms with van der Waals surface area (Å²) in [6.07, 6.45) is 0.749. The number of nitrogens with zero attached hydrogens (tertiary/aromatic N) is 4. The minimum Gasteiger partial charge on any atom is -0.338 e. The molecule has 1 saturated heterocycles. The maximum absolute atomic E-state index is 12.7. The van der Waals surface area contributed by atoms with Gasteiger partial charge in [0.25, 0.3) is 0 Å². The van der Waals surface area contributed by atoms with Gasteiger partial charge in [0.15, 0.2) is 0 Å². The molecule has 0 saturated carbocycles. The van der Waals surface area contributed by atoms with Crippen LogP contribution >= 0.6 is 23.1 Å². The van der Waals surface area contributed by atoms with Crippen LogP contribution in [0.25, 0.3) is 0 Å². The van der Waals surface area contributed by atoms with Crippen LogP contribution in [-0.2, 0) is 4.79 Å². The van der Waals surface area contributed by atoms with Gasteiger partial charge in [-0.2, -0.15) is 4.37 Å². The molecule has 1 aliphatic rings. The molecule has 1 fully saturated rings. The summed E-state index contributed by atoms with van der Waals surface area (Å²) in [5.74, 6) is 0.786. The molecule has 1 aromatic carbocycles. The first-order valence-electron chi connectivity index (χ1n) is 6.67. The number of hydrogen-bond donors (Lipinski definition) is 0. The van der Waals surface area contributed by atoms with Crippen LogP contribution < -0.4 is 9.80 Å². The van der Waals surface area contributed by atoms with Crippen LogP contribution in [0.4, 0.5) is 10.8 Å². The van der Waals surface area contributed by atoms with Crippen molar-refractivity contribution in [2.45, 2.75) is 19.4 Å². The van der Waals surface area contributed by atoms with Gasteiger partial charge in [-0.05, 0) is 25.5 Å². The van der Waals surface area contributed by atoms with Crippen molar-refractivity contribution in [2.75, 3.05) is 23.4 Å². The van der Waals surface area contributed by atoms with Crippen LogP contribution in [0.1, 0.15) is 12.2 Å². The van der Waals surface area contributed by atoms with Gasteiger partial charge in [0.1, 0.15) is 11.9 Å². The second kappa shape index (κ2) is 5.61. The Balaban J connectivity index is 1.82. The molecule has 2 aromatic rings. The number of aryl methyl sites for hydroxylation is 1. The molecule has 2 heterocycles. The molecular weight excluding hydrogens is 308 g/mol. The Morgan fingerprint density at radius 1 is 1.43 bits per heavy atom. The lowest BCUT2D eigenvalue weighted by atomic mass is 10.2. The highest BCUT2D eigenvalue weighted by Gasteiger charge is 2.37. The summed E-state index contributed by atoms with van der Waals surface area (Å²) in [5.41, 5.74) is 0.772. The molecule has 1 amide bonds. The van der Waals surface area contributed by atoms with Gasteiger partial charge in [-0.1, -0.05) is 23.7 Å². The van der Waals surface area contributed by atoms with E-state index in [1.54, 1.807) is 11.0 Å². The quantitative estimate of drug-likeness (QED) is 0.872. The molecule has 0 spiro atoms. The molecule has 0 radical (unpaired) electrons. The zero-order chi connectivity index (χ0) is 15.0. The molecule has 0 bridgehead atoms. The van der Waals surface area contributed by atoms with Crippen molar-refractivity contribution < 1.29 is 4.79 Å². The van der Waals surface area contributed by atoms with E-state index in [4.69, 9.17) is 11.6 Å². The number of hydrogen-bond acceptors (Lipinski definition) is 5. The number of carbonyl (C=O) groups excluding carboxylic acids is 1. The highest BCUT2D eigenvalue weighted by atomic mass is 35.5. The third-order valence-electron chi connectivity index (χ3n) is 3.61. The number of anilines is 2. The lowest BCUT2D eigenvalue weighted by molar-refractivity contribution is -0.118. The summed E-state index contributed by atoms with van der Waals surface area (Å²) in [7, 11) is 1.89. The zero-order valence-electron chi connectivity index (χ0n) is 11.8. The summed E-state index contributed by atoms with van der Waals surface area (Å²) in [5, 5.41) is 1.37. The number of halogens is 1. The van der Waals surface area contributed by atoms with Crippen molar-refractivity contribution in [2.24, 2.45) is 0 Å². The van der Waals surface area contributed by atoms with Gasteiger partial charge in [-0.25, -0.2) is 4.98 Å². The van der Waals surface area contributed by atoms with E-state index in [9.17, 15) is 4.79 Å². The third-order valence-corrected chi connectivity index (χ3v) is 4.82. The standard InChI is InChI=1S/C14H15ClN4OS/c1-9-16-14(21-17-9)18(2)12-7-8-19(13(12)20)11-6-4-3-5-10(11)15/h3-6,12H,7-8H2,1-2H3/t12-/m0/s1. The fourth-order valence-corrected chi connectivity index (χ4v) is 3.42. The first-order chi connectivity index (χ1) is 10.1. The van der Waals surface area contributed by atoms with Gasteiger partial charge >= 0.3 is 0 Å². The first kappa shape index (κ1) is 14.3. The molecule has 0 unspecified atom stereocenters. The van der Waals surface area contributed by atoms with Gasteiger partial charge in [0, 0.05) is 25.1 Å². The van der Waals surface area contributed by atoms with E-state index < -0.39 is 0 Å². The van der Waals surface area contributed by atoms with Gasteiger partial charge in [-0.15, -0.1) is 0 Å². The van der Waals surface area contributed by atoms with Crippen LogP contribution in [0.2, 0.25) is 5.02 Å². The predicted molar refractivity (Wildman–Crippen MR) is 85.3 cm³/mol. The Bertz CT molecular complexity index is 674. The highest BCUT2D eigenvalue weighted by Crippen LogP contribution is 2.31. The maximum atomic E-state index is 12.7. The Morgan fingerprint density at radius 3 is 2.86 bits per heavy atom. The number of para-hydroxylation sites is 1. The monoisotopic (exact) mass is 322 g/mol. The van der Waals surface area contributed by atoms with Gasteiger partial charge < -0.3 is 9.80 Å². The second-order valence-electron chi connectivity index (χ2n) is 4.98. The summed E-state index contributed by atoms with van der Waals surface area (Å²) >= 11 is 7.50.